The van der Waals surface area contributed by atoms with Gasteiger partial charge in [0.05, 0.1) is 5.41 Å². The van der Waals surface area contributed by atoms with Crippen LogP contribution < -0.4 is 4.90 Å². The Bertz CT molecular complexity index is 466. The largest absolute Gasteiger partial charge is 0.481 e. The molecule has 0 atom stereocenters. The third-order valence-corrected chi connectivity index (χ3v) is 3.94. The summed E-state index contributed by atoms with van der Waals surface area (Å²) in [5.74, 6) is -0.938. The maximum Gasteiger partial charge on any atom is 0.310 e. The number of anilines is 1. The molecule has 1 aromatic rings. The molecule has 0 bridgehead atoms. The van der Waals surface area contributed by atoms with Crippen molar-refractivity contribution in [3.05, 3.63) is 30.3 Å². The van der Waals surface area contributed by atoms with E-state index < -0.39 is 11.4 Å². The van der Waals surface area contributed by atoms with Crippen molar-refractivity contribution in [2.75, 3.05) is 11.4 Å². The molecular weight excluding hydrogens is 242 g/mol. The summed E-state index contributed by atoms with van der Waals surface area (Å²) in [6.45, 7) is 2.46. The van der Waals surface area contributed by atoms with Crippen LogP contribution in [0.2, 0.25) is 0 Å². The summed E-state index contributed by atoms with van der Waals surface area (Å²) in [6, 6.07) is 9.39. The van der Waals surface area contributed by atoms with Crippen molar-refractivity contribution >= 4 is 17.6 Å². The second-order valence-corrected chi connectivity index (χ2v) is 5.09. The Morgan fingerprint density at radius 2 is 1.89 bits per heavy atom. The molecule has 2 rings (SSSR count). The monoisotopic (exact) mass is 261 g/mol. The predicted octanol–water partition coefficient (Wildman–Crippen LogP) is 2.68. The molecule has 0 aromatic heterocycles. The van der Waals surface area contributed by atoms with E-state index in [-0.39, 0.29) is 12.3 Å². The van der Waals surface area contributed by atoms with Gasteiger partial charge in [0.2, 0.25) is 5.91 Å². The van der Waals surface area contributed by atoms with Crippen molar-refractivity contribution in [3.63, 3.8) is 0 Å². The fraction of sp³-hybridized carbons (Fsp3) is 0.467. The highest BCUT2D eigenvalue weighted by Gasteiger charge is 2.46. The minimum atomic E-state index is -0.837. The lowest BCUT2D eigenvalue weighted by molar-refractivity contribution is -0.157. The van der Waals surface area contributed by atoms with Gasteiger partial charge >= 0.3 is 5.97 Å². The molecule has 1 aromatic carbocycles. The molecule has 19 heavy (non-hydrogen) atoms. The summed E-state index contributed by atoms with van der Waals surface area (Å²) in [4.78, 5) is 25.3. The van der Waals surface area contributed by atoms with Crippen LogP contribution in [0.4, 0.5) is 5.69 Å². The van der Waals surface area contributed by atoms with Gasteiger partial charge in [-0.3, -0.25) is 9.59 Å². The number of nitrogens with zero attached hydrogens (tertiary/aromatic N) is 1. The summed E-state index contributed by atoms with van der Waals surface area (Å²) in [5, 5.41) is 9.29. The molecule has 1 saturated carbocycles. The number of carbonyl (C=O) groups is 2. The zero-order chi connectivity index (χ0) is 13.9. The van der Waals surface area contributed by atoms with Gasteiger partial charge in [-0.2, -0.15) is 0 Å². The van der Waals surface area contributed by atoms with Crippen LogP contribution in [-0.4, -0.2) is 23.5 Å². The summed E-state index contributed by atoms with van der Waals surface area (Å²) >= 11 is 0. The molecule has 4 nitrogen and oxygen atoms in total. The fourth-order valence-corrected chi connectivity index (χ4v) is 2.57. The van der Waals surface area contributed by atoms with Crippen LogP contribution in [0, 0.1) is 5.41 Å². The Hall–Kier alpha value is -1.84. The highest BCUT2D eigenvalue weighted by Crippen LogP contribution is 2.44. The Balaban J connectivity index is 2.12. The number of rotatable bonds is 5. The molecule has 1 aliphatic rings. The van der Waals surface area contributed by atoms with Crippen LogP contribution in [0.3, 0.4) is 0 Å². The standard InChI is InChI=1S/C15H19NO3/c1-2-16(12-7-4-3-5-8-12)13(17)11-15(14(18)19)9-6-10-15/h3-5,7-8H,2,6,9-11H2,1H3,(H,18,19). The van der Waals surface area contributed by atoms with Crippen molar-refractivity contribution in [1.29, 1.82) is 0 Å². The van der Waals surface area contributed by atoms with Gasteiger partial charge in [0.15, 0.2) is 0 Å². The van der Waals surface area contributed by atoms with Crippen LogP contribution >= 0.6 is 0 Å². The molecule has 102 valence electrons. The normalized spacial score (nSPS) is 16.5. The van der Waals surface area contributed by atoms with Crippen LogP contribution in [0.15, 0.2) is 30.3 Å². The van der Waals surface area contributed by atoms with Gasteiger partial charge in [0.1, 0.15) is 0 Å². The molecule has 0 heterocycles. The second-order valence-electron chi connectivity index (χ2n) is 5.09. The smallest absolute Gasteiger partial charge is 0.310 e. The predicted molar refractivity (Wildman–Crippen MR) is 73.0 cm³/mol. The number of hydrogen-bond acceptors (Lipinski definition) is 2. The fourth-order valence-electron chi connectivity index (χ4n) is 2.57. The van der Waals surface area contributed by atoms with Gasteiger partial charge in [-0.1, -0.05) is 24.6 Å². The molecule has 0 unspecified atom stereocenters. The van der Waals surface area contributed by atoms with Crippen molar-refractivity contribution in [2.24, 2.45) is 5.41 Å². The molecule has 4 heteroatoms. The molecule has 0 aliphatic heterocycles. The SMILES string of the molecule is CCN(C(=O)CC1(C(=O)O)CCC1)c1ccccc1. The summed E-state index contributed by atoms with van der Waals surface area (Å²) in [7, 11) is 0. The van der Waals surface area contributed by atoms with E-state index in [0.717, 1.165) is 12.1 Å². The van der Waals surface area contributed by atoms with Crippen LogP contribution in [0.25, 0.3) is 0 Å². The minimum Gasteiger partial charge on any atom is -0.481 e. The van der Waals surface area contributed by atoms with Gasteiger partial charge in [-0.05, 0) is 31.9 Å². The number of hydrogen-bond donors (Lipinski definition) is 1. The van der Waals surface area contributed by atoms with Crippen LogP contribution in [0.5, 0.6) is 0 Å². The molecule has 1 N–H and O–H groups in total. The van der Waals surface area contributed by atoms with Crippen molar-refractivity contribution < 1.29 is 14.7 Å². The molecular formula is C15H19NO3. The van der Waals surface area contributed by atoms with E-state index in [1.165, 1.54) is 0 Å². The number of carboxylic acid groups (broad SMARTS) is 1. The van der Waals surface area contributed by atoms with Crippen LogP contribution in [0.1, 0.15) is 32.6 Å². The maximum atomic E-state index is 12.4. The van der Waals surface area contributed by atoms with Crippen molar-refractivity contribution in [3.8, 4) is 0 Å². The van der Waals surface area contributed by atoms with Gasteiger partial charge < -0.3 is 10.0 Å². The van der Waals surface area contributed by atoms with Gasteiger partial charge in [-0.25, -0.2) is 0 Å². The summed E-state index contributed by atoms with van der Waals surface area (Å²) in [5.41, 5.74) is 0.00842. The summed E-state index contributed by atoms with van der Waals surface area (Å²) < 4.78 is 0. The maximum absolute atomic E-state index is 12.4. The van der Waals surface area contributed by atoms with Crippen LogP contribution in [-0.2, 0) is 9.59 Å². The average molecular weight is 261 g/mol. The number of aliphatic carboxylic acids is 1. The molecule has 1 amide bonds. The number of amides is 1. The highest BCUT2D eigenvalue weighted by molar-refractivity contribution is 5.96. The molecule has 0 radical (unpaired) electrons. The molecule has 1 aliphatic carbocycles. The van der Waals surface area contributed by atoms with E-state index in [4.69, 9.17) is 0 Å². The number of carbonyl (C=O) groups excluding carboxylic acids is 1. The van der Waals surface area contributed by atoms with Crippen molar-refractivity contribution in [1.82, 2.24) is 0 Å². The van der Waals surface area contributed by atoms with E-state index >= 15 is 0 Å². The third kappa shape index (κ3) is 2.62. The Labute approximate surface area is 113 Å². The van der Waals surface area contributed by atoms with E-state index in [2.05, 4.69) is 0 Å². The third-order valence-electron chi connectivity index (χ3n) is 3.94. The molecule has 0 spiro atoms. The lowest BCUT2D eigenvalue weighted by atomic mass is 9.66. The zero-order valence-electron chi connectivity index (χ0n) is 11.1. The van der Waals surface area contributed by atoms with E-state index in [1.807, 2.05) is 37.3 Å². The van der Waals surface area contributed by atoms with Gasteiger partial charge in [0.25, 0.3) is 0 Å². The topological polar surface area (TPSA) is 57.6 Å². The first kappa shape index (κ1) is 13.6. The minimum absolute atomic E-state index is 0.101. The second kappa shape index (κ2) is 5.43. The first-order valence-electron chi connectivity index (χ1n) is 6.68. The van der Waals surface area contributed by atoms with Gasteiger partial charge in [-0.15, -0.1) is 0 Å². The Morgan fingerprint density at radius 3 is 2.32 bits per heavy atom. The Morgan fingerprint density at radius 1 is 1.26 bits per heavy atom. The van der Waals surface area contributed by atoms with E-state index in [0.29, 0.717) is 19.4 Å². The van der Waals surface area contributed by atoms with E-state index in [9.17, 15) is 14.7 Å². The highest BCUT2D eigenvalue weighted by atomic mass is 16.4. The van der Waals surface area contributed by atoms with Crippen molar-refractivity contribution in [2.45, 2.75) is 32.6 Å². The molecule has 1 fully saturated rings. The summed E-state index contributed by atoms with van der Waals surface area (Å²) in [6.07, 6.45) is 2.23. The molecule has 0 saturated heterocycles. The number of para-hydroxylation sites is 1. The lowest BCUT2D eigenvalue weighted by Gasteiger charge is -2.38. The number of benzene rings is 1. The van der Waals surface area contributed by atoms with Gasteiger partial charge in [0, 0.05) is 18.7 Å². The average Bonchev–Trinajstić information content (AvgIpc) is 2.35. The Kier molecular flexibility index (Phi) is 3.88. The quantitative estimate of drug-likeness (QED) is 0.886. The number of carboxylic acids is 1. The first-order chi connectivity index (χ1) is 9.09. The lowest BCUT2D eigenvalue weighted by Crippen LogP contribution is -2.44. The van der Waals surface area contributed by atoms with E-state index in [1.54, 1.807) is 4.90 Å². The first-order valence-corrected chi connectivity index (χ1v) is 6.68. The zero-order valence-corrected chi connectivity index (χ0v) is 11.1.